The molecule has 0 bridgehead atoms. The highest BCUT2D eigenvalue weighted by molar-refractivity contribution is 6.28. The Balaban J connectivity index is 1.96. The van der Waals surface area contributed by atoms with Crippen molar-refractivity contribution in [3.05, 3.63) is 11.5 Å². The molecule has 1 aromatic rings. The second-order valence-electron chi connectivity index (χ2n) is 5.78. The summed E-state index contributed by atoms with van der Waals surface area (Å²) in [5.74, 6) is 0.885. The molecule has 6 nitrogen and oxygen atoms in total. The van der Waals surface area contributed by atoms with Crippen LogP contribution in [0.1, 0.15) is 19.3 Å². The molecule has 0 radical (unpaired) electrons. The van der Waals surface area contributed by atoms with E-state index in [2.05, 4.69) is 26.8 Å². The number of carbonyl (C=O) groups excluding carboxylic acids is 1. The molecule has 7 heteroatoms. The van der Waals surface area contributed by atoms with Crippen LogP contribution in [0.25, 0.3) is 0 Å². The number of amides is 1. The highest BCUT2D eigenvalue weighted by atomic mass is 35.5. The molecule has 3 heterocycles. The number of hydrogen-bond acceptors (Lipinski definition) is 5. The van der Waals surface area contributed by atoms with Crippen LogP contribution in [0.2, 0.25) is 5.28 Å². The zero-order chi connectivity index (χ0) is 15.0. The molecule has 21 heavy (non-hydrogen) atoms. The first-order valence-electron chi connectivity index (χ1n) is 7.30. The lowest BCUT2D eigenvalue weighted by molar-refractivity contribution is -0.118. The van der Waals surface area contributed by atoms with Gasteiger partial charge >= 0.3 is 0 Å². The van der Waals surface area contributed by atoms with E-state index >= 15 is 0 Å². The first-order chi connectivity index (χ1) is 10.1. The van der Waals surface area contributed by atoms with Gasteiger partial charge in [0.15, 0.2) is 5.82 Å². The summed E-state index contributed by atoms with van der Waals surface area (Å²) in [6.07, 6.45) is 4.30. The van der Waals surface area contributed by atoms with Gasteiger partial charge in [-0.15, -0.1) is 0 Å². The first kappa shape index (κ1) is 14.5. The van der Waals surface area contributed by atoms with Crippen molar-refractivity contribution in [1.29, 1.82) is 0 Å². The number of piperidine rings is 1. The molecule has 1 saturated heterocycles. The van der Waals surface area contributed by atoms with Gasteiger partial charge in [-0.25, -0.2) is 4.98 Å². The number of carbonyl (C=O) groups is 1. The fourth-order valence-corrected chi connectivity index (χ4v) is 3.21. The highest BCUT2D eigenvalue weighted by Crippen LogP contribution is 2.33. The predicted octanol–water partition coefficient (Wildman–Crippen LogP) is 1.40. The minimum atomic E-state index is 0.0950. The van der Waals surface area contributed by atoms with Crippen LogP contribution in [0.4, 0.5) is 11.5 Å². The zero-order valence-corrected chi connectivity index (χ0v) is 13.2. The Hall–Kier alpha value is -1.40. The van der Waals surface area contributed by atoms with E-state index in [1.165, 1.54) is 0 Å². The molecular weight excluding hydrogens is 290 g/mol. The smallest absolute Gasteiger partial charge is 0.228 e. The second kappa shape index (κ2) is 5.77. The zero-order valence-electron chi connectivity index (χ0n) is 12.4. The van der Waals surface area contributed by atoms with Gasteiger partial charge in [-0.2, -0.15) is 4.98 Å². The summed E-state index contributed by atoms with van der Waals surface area (Å²) in [4.78, 5) is 26.8. The largest absolute Gasteiger partial charge is 0.351 e. The van der Waals surface area contributed by atoms with Gasteiger partial charge in [0, 0.05) is 26.1 Å². The molecule has 0 saturated carbocycles. The number of aromatic nitrogens is 2. The minimum Gasteiger partial charge on any atom is -0.351 e. The van der Waals surface area contributed by atoms with Crippen LogP contribution >= 0.6 is 11.6 Å². The third-order valence-corrected chi connectivity index (χ3v) is 4.61. The van der Waals surface area contributed by atoms with Gasteiger partial charge in [-0.05, 0) is 44.6 Å². The van der Waals surface area contributed by atoms with Crippen molar-refractivity contribution >= 4 is 29.0 Å². The van der Waals surface area contributed by atoms with Gasteiger partial charge in [0.1, 0.15) is 5.69 Å². The van der Waals surface area contributed by atoms with Gasteiger partial charge in [0.25, 0.3) is 0 Å². The van der Waals surface area contributed by atoms with Crippen molar-refractivity contribution in [1.82, 2.24) is 14.9 Å². The number of rotatable bonds is 1. The van der Waals surface area contributed by atoms with Crippen LogP contribution in [0, 0.1) is 0 Å². The Morgan fingerprint density at radius 3 is 2.67 bits per heavy atom. The molecule has 114 valence electrons. The maximum Gasteiger partial charge on any atom is 0.228 e. The topological polar surface area (TPSA) is 52.6 Å². The minimum absolute atomic E-state index is 0.0950. The Bertz CT molecular complexity index is 544. The SMILES string of the molecule is CN1CCC(N2CCC(=O)N(C)c3cnc(Cl)nc32)CC1. The van der Waals surface area contributed by atoms with E-state index in [0.29, 0.717) is 19.0 Å². The van der Waals surface area contributed by atoms with Gasteiger partial charge in [0.05, 0.1) is 6.20 Å². The third kappa shape index (κ3) is 2.82. The third-order valence-electron chi connectivity index (χ3n) is 4.42. The number of anilines is 2. The summed E-state index contributed by atoms with van der Waals surface area (Å²) >= 11 is 5.98. The van der Waals surface area contributed by atoms with Crippen molar-refractivity contribution in [2.45, 2.75) is 25.3 Å². The predicted molar refractivity (Wildman–Crippen MR) is 82.9 cm³/mol. The summed E-state index contributed by atoms with van der Waals surface area (Å²) < 4.78 is 0. The summed E-state index contributed by atoms with van der Waals surface area (Å²) in [7, 11) is 3.92. The van der Waals surface area contributed by atoms with Gasteiger partial charge in [-0.3, -0.25) is 4.79 Å². The fourth-order valence-electron chi connectivity index (χ4n) is 3.08. The van der Waals surface area contributed by atoms with E-state index in [0.717, 1.165) is 37.4 Å². The lowest BCUT2D eigenvalue weighted by Gasteiger charge is -2.37. The van der Waals surface area contributed by atoms with E-state index in [9.17, 15) is 4.79 Å². The van der Waals surface area contributed by atoms with Crippen LogP contribution in [0.15, 0.2) is 6.20 Å². The molecule has 0 aliphatic carbocycles. The standard InChI is InChI=1S/C14H20ClN5O/c1-18-6-3-10(4-7-18)20-8-5-12(21)19(2)11-9-16-14(15)17-13(11)20/h9-10H,3-8H2,1-2H3. The van der Waals surface area contributed by atoms with Crippen LogP contribution in [0.3, 0.4) is 0 Å². The van der Waals surface area contributed by atoms with E-state index in [-0.39, 0.29) is 11.2 Å². The molecule has 3 rings (SSSR count). The lowest BCUT2D eigenvalue weighted by Crippen LogP contribution is -2.44. The Labute approximate surface area is 129 Å². The lowest BCUT2D eigenvalue weighted by atomic mass is 10.0. The van der Waals surface area contributed by atoms with Crippen LogP contribution in [-0.2, 0) is 4.79 Å². The van der Waals surface area contributed by atoms with Crippen LogP contribution in [0.5, 0.6) is 0 Å². The molecular formula is C14H20ClN5O. The summed E-state index contributed by atoms with van der Waals surface area (Å²) in [5.41, 5.74) is 0.751. The van der Waals surface area contributed by atoms with Crippen LogP contribution in [-0.4, -0.2) is 60.5 Å². The number of likely N-dealkylation sites (tertiary alicyclic amines) is 1. The maximum absolute atomic E-state index is 12.1. The van der Waals surface area contributed by atoms with Gasteiger partial charge in [0.2, 0.25) is 11.2 Å². The maximum atomic E-state index is 12.1. The Morgan fingerprint density at radius 2 is 1.95 bits per heavy atom. The summed E-state index contributed by atoms with van der Waals surface area (Å²) in [5, 5.41) is 0.231. The highest BCUT2D eigenvalue weighted by Gasteiger charge is 2.31. The van der Waals surface area contributed by atoms with Crippen molar-refractivity contribution < 1.29 is 4.79 Å². The van der Waals surface area contributed by atoms with Crippen molar-refractivity contribution in [2.24, 2.45) is 0 Å². The van der Waals surface area contributed by atoms with E-state index < -0.39 is 0 Å². The Kier molecular flexibility index (Phi) is 3.99. The molecule has 2 aliphatic heterocycles. The van der Waals surface area contributed by atoms with Crippen LogP contribution < -0.4 is 9.80 Å². The molecule has 0 unspecified atom stereocenters. The van der Waals surface area contributed by atoms with Crippen molar-refractivity contribution in [3.63, 3.8) is 0 Å². The molecule has 1 amide bonds. The van der Waals surface area contributed by atoms with E-state index in [4.69, 9.17) is 11.6 Å². The van der Waals surface area contributed by atoms with Crippen molar-refractivity contribution in [2.75, 3.05) is 43.5 Å². The number of nitrogens with zero attached hydrogens (tertiary/aromatic N) is 5. The monoisotopic (exact) mass is 309 g/mol. The average Bonchev–Trinajstić information content (AvgIpc) is 2.59. The van der Waals surface area contributed by atoms with E-state index in [1.807, 2.05) is 0 Å². The summed E-state index contributed by atoms with van der Waals surface area (Å²) in [6, 6.07) is 0.408. The number of halogens is 1. The Morgan fingerprint density at radius 1 is 1.24 bits per heavy atom. The quantitative estimate of drug-likeness (QED) is 0.734. The second-order valence-corrected chi connectivity index (χ2v) is 6.12. The average molecular weight is 310 g/mol. The van der Waals surface area contributed by atoms with E-state index in [1.54, 1.807) is 18.1 Å². The molecule has 0 N–H and O–H groups in total. The molecule has 0 aromatic carbocycles. The van der Waals surface area contributed by atoms with Crippen molar-refractivity contribution in [3.8, 4) is 0 Å². The number of fused-ring (bicyclic) bond motifs is 1. The molecule has 0 spiro atoms. The normalized spacial score (nSPS) is 21.4. The first-order valence-corrected chi connectivity index (χ1v) is 7.68. The summed E-state index contributed by atoms with van der Waals surface area (Å²) in [6.45, 7) is 2.83. The number of hydrogen-bond donors (Lipinski definition) is 0. The van der Waals surface area contributed by atoms with Gasteiger partial charge in [-0.1, -0.05) is 0 Å². The molecule has 1 fully saturated rings. The fraction of sp³-hybridized carbons (Fsp3) is 0.643. The molecule has 0 atom stereocenters. The van der Waals surface area contributed by atoms with Gasteiger partial charge < -0.3 is 14.7 Å². The molecule has 2 aliphatic rings. The molecule has 1 aromatic heterocycles.